The average Bonchev–Trinajstić information content (AvgIpc) is 2.74. The molecule has 6 nitrogen and oxygen atoms in total. The minimum Gasteiger partial charge on any atom is -0.407 e. The highest BCUT2D eigenvalue weighted by Crippen LogP contribution is 2.27. The molecule has 3 rings (SSSR count). The number of hydrogen-bond acceptors (Lipinski definition) is 4. The average molecular weight is 309 g/mol. The Labute approximate surface area is 121 Å². The van der Waals surface area contributed by atoms with Crippen LogP contribution in [0.5, 0.6) is 0 Å². The van der Waals surface area contributed by atoms with E-state index in [1.165, 1.54) is 18.2 Å². The van der Waals surface area contributed by atoms with Gasteiger partial charge in [0, 0.05) is 5.02 Å². The number of halogens is 2. The first-order valence-electron chi connectivity index (χ1n) is 5.73. The zero-order valence-corrected chi connectivity index (χ0v) is 11.0. The molecule has 21 heavy (non-hydrogen) atoms. The third-order valence-electron chi connectivity index (χ3n) is 2.92. The molecule has 0 spiro atoms. The van der Waals surface area contributed by atoms with Gasteiger partial charge in [0.2, 0.25) is 0 Å². The summed E-state index contributed by atoms with van der Waals surface area (Å²) in [6.07, 6.45) is 0. The molecule has 3 aromatic rings. The Morgan fingerprint density at radius 1 is 1.24 bits per heavy atom. The van der Waals surface area contributed by atoms with Gasteiger partial charge in [-0.2, -0.15) is 0 Å². The molecule has 0 radical (unpaired) electrons. The van der Waals surface area contributed by atoms with E-state index in [0.717, 1.165) is 22.8 Å². The molecule has 0 unspecified atom stereocenters. The maximum atomic E-state index is 13.2. The Hall–Kier alpha value is -2.67. The van der Waals surface area contributed by atoms with Crippen molar-refractivity contribution in [3.8, 4) is 5.69 Å². The third-order valence-corrected chi connectivity index (χ3v) is 3.15. The van der Waals surface area contributed by atoms with Crippen molar-refractivity contribution in [3.05, 3.63) is 67.9 Å². The van der Waals surface area contributed by atoms with Gasteiger partial charge in [-0.1, -0.05) is 11.6 Å². The summed E-state index contributed by atoms with van der Waals surface area (Å²) in [7, 11) is 0. The van der Waals surface area contributed by atoms with Crippen molar-refractivity contribution in [1.82, 2.24) is 4.57 Å². The van der Waals surface area contributed by atoms with Gasteiger partial charge < -0.3 is 4.42 Å². The lowest BCUT2D eigenvalue weighted by Gasteiger charge is -2.03. The Bertz CT molecular complexity index is 932. The first-order chi connectivity index (χ1) is 9.97. The Morgan fingerprint density at radius 3 is 2.71 bits per heavy atom. The molecule has 0 aliphatic carbocycles. The first-order valence-corrected chi connectivity index (χ1v) is 6.10. The zero-order chi connectivity index (χ0) is 15.1. The molecule has 106 valence electrons. The second-order valence-corrected chi connectivity index (χ2v) is 4.64. The smallest absolute Gasteiger partial charge is 0.407 e. The van der Waals surface area contributed by atoms with Crippen molar-refractivity contribution in [2.75, 3.05) is 0 Å². The summed E-state index contributed by atoms with van der Waals surface area (Å²) in [6.45, 7) is 0. The van der Waals surface area contributed by atoms with Crippen molar-refractivity contribution >= 4 is 28.4 Å². The fraction of sp³-hybridized carbons (Fsp3) is 0. The van der Waals surface area contributed by atoms with Crippen LogP contribution < -0.4 is 5.76 Å². The van der Waals surface area contributed by atoms with Gasteiger partial charge in [0.1, 0.15) is 11.5 Å². The van der Waals surface area contributed by atoms with Crippen LogP contribution in [0.2, 0.25) is 5.02 Å². The normalized spacial score (nSPS) is 11.0. The number of rotatable bonds is 2. The van der Waals surface area contributed by atoms with E-state index in [1.807, 2.05) is 0 Å². The first kappa shape index (κ1) is 13.3. The van der Waals surface area contributed by atoms with E-state index < -0.39 is 22.2 Å². The second kappa shape index (κ2) is 4.71. The molecular formula is C13H6ClFN2O4. The molecular weight excluding hydrogens is 303 g/mol. The van der Waals surface area contributed by atoms with Gasteiger partial charge >= 0.3 is 5.76 Å². The van der Waals surface area contributed by atoms with Gasteiger partial charge in [-0.05, 0) is 30.3 Å². The highest BCUT2D eigenvalue weighted by molar-refractivity contribution is 6.31. The lowest BCUT2D eigenvalue weighted by Crippen LogP contribution is -2.13. The van der Waals surface area contributed by atoms with Crippen LogP contribution in [0.3, 0.4) is 0 Å². The lowest BCUT2D eigenvalue weighted by molar-refractivity contribution is -0.384. The quantitative estimate of drug-likeness (QED) is 0.537. The number of benzene rings is 2. The van der Waals surface area contributed by atoms with E-state index in [2.05, 4.69) is 0 Å². The molecule has 0 amide bonds. The Kier molecular flexibility index (Phi) is 2.99. The molecule has 0 bridgehead atoms. The zero-order valence-electron chi connectivity index (χ0n) is 10.2. The summed E-state index contributed by atoms with van der Waals surface area (Å²) in [6, 6.07) is 7.35. The molecule has 0 aliphatic heterocycles. The number of oxazole rings is 1. The van der Waals surface area contributed by atoms with Crippen LogP contribution in [-0.2, 0) is 0 Å². The topological polar surface area (TPSA) is 78.3 Å². The van der Waals surface area contributed by atoms with E-state index >= 15 is 0 Å². The minimum absolute atomic E-state index is 0.0904. The van der Waals surface area contributed by atoms with Crippen LogP contribution >= 0.6 is 11.6 Å². The van der Waals surface area contributed by atoms with Crippen molar-refractivity contribution in [2.24, 2.45) is 0 Å². The molecule has 0 N–H and O–H groups in total. The molecule has 0 aliphatic rings. The van der Waals surface area contributed by atoms with Crippen LogP contribution in [0.1, 0.15) is 0 Å². The largest absolute Gasteiger partial charge is 0.424 e. The minimum atomic E-state index is -0.818. The van der Waals surface area contributed by atoms with Gasteiger partial charge in [0.05, 0.1) is 16.5 Å². The fourth-order valence-corrected chi connectivity index (χ4v) is 2.22. The van der Waals surface area contributed by atoms with Crippen LogP contribution in [-0.4, -0.2) is 9.49 Å². The number of aromatic nitrogens is 1. The van der Waals surface area contributed by atoms with Crippen molar-refractivity contribution in [2.45, 2.75) is 0 Å². The summed E-state index contributed by atoms with van der Waals surface area (Å²) in [5.74, 6) is -1.59. The number of nitro benzene ring substituents is 1. The predicted octanol–water partition coefficient (Wildman–Crippen LogP) is 3.28. The molecule has 0 atom stereocenters. The molecule has 1 aromatic heterocycles. The van der Waals surface area contributed by atoms with E-state index in [4.69, 9.17) is 16.0 Å². The number of fused-ring (bicyclic) bond motifs is 1. The van der Waals surface area contributed by atoms with Crippen LogP contribution in [0, 0.1) is 15.9 Å². The van der Waals surface area contributed by atoms with E-state index in [0.29, 0.717) is 5.02 Å². The summed E-state index contributed by atoms with van der Waals surface area (Å²) in [5.41, 5.74) is -0.141. The van der Waals surface area contributed by atoms with Gasteiger partial charge in [0.15, 0.2) is 5.58 Å². The molecule has 0 saturated heterocycles. The maximum Gasteiger partial charge on any atom is 0.424 e. The summed E-state index contributed by atoms with van der Waals surface area (Å²) in [4.78, 5) is 22.2. The molecule has 0 fully saturated rings. The molecule has 0 saturated carbocycles. The molecule has 1 heterocycles. The van der Waals surface area contributed by atoms with Crippen molar-refractivity contribution < 1.29 is 13.7 Å². The summed E-state index contributed by atoms with van der Waals surface area (Å²) in [5, 5.41) is 11.4. The number of hydrogen-bond donors (Lipinski definition) is 0. The number of nitrogens with zero attached hydrogens (tertiary/aromatic N) is 2. The van der Waals surface area contributed by atoms with E-state index in [-0.39, 0.29) is 16.8 Å². The monoisotopic (exact) mass is 308 g/mol. The highest BCUT2D eigenvalue weighted by atomic mass is 35.5. The van der Waals surface area contributed by atoms with Crippen LogP contribution in [0.15, 0.2) is 45.6 Å². The van der Waals surface area contributed by atoms with Crippen LogP contribution in [0.25, 0.3) is 16.8 Å². The van der Waals surface area contributed by atoms with E-state index in [1.54, 1.807) is 0 Å². The highest BCUT2D eigenvalue weighted by Gasteiger charge is 2.21. The Balaban J connectivity index is 2.41. The third kappa shape index (κ3) is 2.17. The fourth-order valence-electron chi connectivity index (χ4n) is 2.05. The Morgan fingerprint density at radius 2 is 2.00 bits per heavy atom. The second-order valence-electron chi connectivity index (χ2n) is 4.21. The van der Waals surface area contributed by atoms with Gasteiger partial charge in [0.25, 0.3) is 5.69 Å². The summed E-state index contributed by atoms with van der Waals surface area (Å²) < 4.78 is 19.2. The maximum absolute atomic E-state index is 13.2. The van der Waals surface area contributed by atoms with Gasteiger partial charge in [-0.25, -0.2) is 13.8 Å². The van der Waals surface area contributed by atoms with Gasteiger partial charge in [-0.15, -0.1) is 0 Å². The molecule has 8 heteroatoms. The summed E-state index contributed by atoms with van der Waals surface area (Å²) >= 11 is 5.86. The lowest BCUT2D eigenvalue weighted by atomic mass is 10.2. The SMILES string of the molecule is O=c1oc2ccc(Cl)cc2n1-c1ccc(F)cc1[N+](=O)[O-]. The van der Waals surface area contributed by atoms with Gasteiger partial charge in [-0.3, -0.25) is 10.1 Å². The van der Waals surface area contributed by atoms with E-state index in [9.17, 15) is 19.3 Å². The molecule has 2 aromatic carbocycles. The van der Waals surface area contributed by atoms with Crippen LogP contribution in [0.4, 0.5) is 10.1 Å². The number of nitro groups is 1. The van der Waals surface area contributed by atoms with Crippen molar-refractivity contribution in [3.63, 3.8) is 0 Å². The van der Waals surface area contributed by atoms with Crippen molar-refractivity contribution in [1.29, 1.82) is 0 Å². The predicted molar refractivity (Wildman–Crippen MR) is 73.4 cm³/mol. The standard InChI is InChI=1S/C13H6ClFN2O4/c14-7-1-4-12-11(5-7)16(13(18)21-12)9-3-2-8(15)6-10(9)17(19)20/h1-6H.